The van der Waals surface area contributed by atoms with Crippen LogP contribution in [-0.2, 0) is 5.54 Å². The third-order valence-corrected chi connectivity index (χ3v) is 5.46. The third kappa shape index (κ3) is 1.78. The zero-order valence-electron chi connectivity index (χ0n) is 10.8. The molecule has 1 aromatic carbocycles. The molecule has 0 N–H and O–H groups in total. The number of aliphatic imine (C=N–C) groups is 1. The first-order chi connectivity index (χ1) is 8.80. The van der Waals surface area contributed by atoms with Crippen molar-refractivity contribution in [1.82, 2.24) is 4.90 Å². The molecule has 3 heteroatoms. The van der Waals surface area contributed by atoms with Crippen LogP contribution in [0.5, 0.6) is 0 Å². The molecule has 0 spiro atoms. The predicted molar refractivity (Wildman–Crippen MR) is 84.6 cm³/mol. The van der Waals surface area contributed by atoms with Gasteiger partial charge in [-0.05, 0) is 24.8 Å². The Morgan fingerprint density at radius 1 is 1.28 bits per heavy atom. The summed E-state index contributed by atoms with van der Waals surface area (Å²) < 4.78 is 1.07. The lowest BCUT2D eigenvalue weighted by atomic mass is 9.89. The van der Waals surface area contributed by atoms with E-state index in [0.29, 0.717) is 0 Å². The summed E-state index contributed by atoms with van der Waals surface area (Å²) >= 11 is 2.49. The molecule has 2 nitrogen and oxygen atoms in total. The number of rotatable bonds is 2. The number of fused-ring (bicyclic) bond motifs is 1. The number of halogens is 1. The molecule has 18 heavy (non-hydrogen) atoms. The maximum absolute atomic E-state index is 5.14. The van der Waals surface area contributed by atoms with E-state index in [1.165, 1.54) is 42.9 Å². The first-order valence-corrected chi connectivity index (χ1v) is 8.34. The van der Waals surface area contributed by atoms with E-state index in [1.807, 2.05) is 0 Å². The van der Waals surface area contributed by atoms with Crippen molar-refractivity contribution in [2.75, 3.05) is 17.5 Å². The molecule has 0 aromatic heterocycles. The van der Waals surface area contributed by atoms with Crippen LogP contribution in [0.4, 0.5) is 0 Å². The molecule has 2 aliphatic heterocycles. The standard InChI is InChI=1S/C15H19IN2/c1-2-15(11-16)13-8-4-3-7-12(13)14(17-15)18-9-5-6-10-18/h3-4,7-8H,2,5-6,9-11H2,1H3. The van der Waals surface area contributed by atoms with Crippen LogP contribution in [0.15, 0.2) is 29.3 Å². The summed E-state index contributed by atoms with van der Waals surface area (Å²) in [5.74, 6) is 1.25. The summed E-state index contributed by atoms with van der Waals surface area (Å²) in [6.07, 6.45) is 3.71. The highest BCUT2D eigenvalue weighted by molar-refractivity contribution is 14.1. The maximum Gasteiger partial charge on any atom is 0.132 e. The van der Waals surface area contributed by atoms with Gasteiger partial charge in [0.05, 0.1) is 5.54 Å². The van der Waals surface area contributed by atoms with Gasteiger partial charge in [-0.15, -0.1) is 0 Å². The summed E-state index contributed by atoms with van der Waals surface area (Å²) in [7, 11) is 0. The van der Waals surface area contributed by atoms with Gasteiger partial charge in [-0.3, -0.25) is 4.99 Å². The lowest BCUT2D eigenvalue weighted by molar-refractivity contribution is 0.483. The smallest absolute Gasteiger partial charge is 0.132 e. The van der Waals surface area contributed by atoms with Crippen LogP contribution < -0.4 is 0 Å². The van der Waals surface area contributed by atoms with Gasteiger partial charge in [-0.25, -0.2) is 0 Å². The average molecular weight is 354 g/mol. The van der Waals surface area contributed by atoms with Crippen molar-refractivity contribution in [2.24, 2.45) is 4.99 Å². The summed E-state index contributed by atoms with van der Waals surface area (Å²) in [5, 5.41) is 0. The molecule has 0 radical (unpaired) electrons. The molecule has 0 aliphatic carbocycles. The molecular formula is C15H19IN2. The minimum absolute atomic E-state index is 0.0229. The molecule has 1 fully saturated rings. The van der Waals surface area contributed by atoms with Gasteiger partial charge >= 0.3 is 0 Å². The number of alkyl halides is 1. The van der Waals surface area contributed by atoms with E-state index in [-0.39, 0.29) is 5.54 Å². The van der Waals surface area contributed by atoms with E-state index in [0.717, 1.165) is 10.8 Å². The fourth-order valence-corrected chi connectivity index (χ4v) is 4.16. The maximum atomic E-state index is 5.14. The number of benzene rings is 1. The van der Waals surface area contributed by atoms with Gasteiger partial charge in [-0.2, -0.15) is 0 Å². The SMILES string of the molecule is CCC1(CI)N=C(N2CCCC2)c2ccccc21. The molecule has 1 atom stereocenters. The normalized spacial score (nSPS) is 26.3. The van der Waals surface area contributed by atoms with Gasteiger partial charge in [0, 0.05) is 23.1 Å². The van der Waals surface area contributed by atoms with Gasteiger partial charge < -0.3 is 4.90 Å². The Hall–Kier alpha value is -0.580. The van der Waals surface area contributed by atoms with E-state index >= 15 is 0 Å². The van der Waals surface area contributed by atoms with Crippen molar-refractivity contribution in [3.8, 4) is 0 Å². The Bertz CT molecular complexity index is 471. The second-order valence-corrected chi connectivity index (χ2v) is 5.96. The van der Waals surface area contributed by atoms with Gasteiger partial charge in [0.15, 0.2) is 0 Å². The van der Waals surface area contributed by atoms with Gasteiger partial charge in [0.2, 0.25) is 0 Å². The molecule has 2 aliphatic rings. The summed E-state index contributed by atoms with van der Waals surface area (Å²) in [4.78, 5) is 7.62. The molecule has 1 aromatic rings. The van der Waals surface area contributed by atoms with E-state index in [9.17, 15) is 0 Å². The van der Waals surface area contributed by atoms with Crippen LogP contribution in [0, 0.1) is 0 Å². The third-order valence-electron chi connectivity index (χ3n) is 4.20. The highest BCUT2D eigenvalue weighted by atomic mass is 127. The fourth-order valence-electron chi connectivity index (χ4n) is 3.04. The van der Waals surface area contributed by atoms with Gasteiger partial charge in [0.25, 0.3) is 0 Å². The van der Waals surface area contributed by atoms with Crippen LogP contribution in [-0.4, -0.2) is 28.3 Å². The molecule has 0 amide bonds. The molecule has 0 saturated carbocycles. The first-order valence-electron chi connectivity index (χ1n) is 6.81. The molecule has 2 heterocycles. The second-order valence-electron chi connectivity index (χ2n) is 5.19. The molecular weight excluding hydrogens is 335 g/mol. The van der Waals surface area contributed by atoms with Crippen molar-refractivity contribution in [2.45, 2.75) is 31.7 Å². The van der Waals surface area contributed by atoms with Crippen molar-refractivity contribution >= 4 is 28.4 Å². The zero-order chi connectivity index (χ0) is 12.6. The van der Waals surface area contributed by atoms with Crippen LogP contribution in [0.25, 0.3) is 0 Å². The fraction of sp³-hybridized carbons (Fsp3) is 0.533. The van der Waals surface area contributed by atoms with E-state index in [1.54, 1.807) is 0 Å². The van der Waals surface area contributed by atoms with Crippen LogP contribution >= 0.6 is 22.6 Å². The summed E-state index contributed by atoms with van der Waals surface area (Å²) in [5.41, 5.74) is 2.83. The highest BCUT2D eigenvalue weighted by Crippen LogP contribution is 2.40. The Balaban J connectivity index is 2.09. The molecule has 1 unspecified atom stereocenters. The highest BCUT2D eigenvalue weighted by Gasteiger charge is 2.39. The second kappa shape index (κ2) is 4.83. The largest absolute Gasteiger partial charge is 0.356 e. The van der Waals surface area contributed by atoms with Crippen LogP contribution in [0.2, 0.25) is 0 Å². The van der Waals surface area contributed by atoms with Gasteiger partial charge in [-0.1, -0.05) is 53.8 Å². The van der Waals surface area contributed by atoms with Crippen LogP contribution in [0.1, 0.15) is 37.3 Å². The topological polar surface area (TPSA) is 15.6 Å². The van der Waals surface area contributed by atoms with Crippen molar-refractivity contribution in [3.05, 3.63) is 35.4 Å². The van der Waals surface area contributed by atoms with E-state index < -0.39 is 0 Å². The van der Waals surface area contributed by atoms with Crippen molar-refractivity contribution in [1.29, 1.82) is 0 Å². The summed E-state index contributed by atoms with van der Waals surface area (Å²) in [6.45, 7) is 4.61. The van der Waals surface area contributed by atoms with Gasteiger partial charge in [0.1, 0.15) is 5.84 Å². The van der Waals surface area contributed by atoms with Crippen molar-refractivity contribution < 1.29 is 0 Å². The first kappa shape index (κ1) is 12.5. The predicted octanol–water partition coefficient (Wildman–Crippen LogP) is 3.58. The lowest BCUT2D eigenvalue weighted by Crippen LogP contribution is -2.27. The Morgan fingerprint density at radius 2 is 2.00 bits per heavy atom. The Labute approximate surface area is 123 Å². The van der Waals surface area contributed by atoms with Crippen LogP contribution in [0.3, 0.4) is 0 Å². The number of nitrogens with zero attached hydrogens (tertiary/aromatic N) is 2. The quantitative estimate of drug-likeness (QED) is 0.586. The number of hydrogen-bond acceptors (Lipinski definition) is 2. The number of amidine groups is 1. The average Bonchev–Trinajstić information content (AvgIpc) is 3.05. The summed E-state index contributed by atoms with van der Waals surface area (Å²) in [6, 6.07) is 8.81. The Kier molecular flexibility index (Phi) is 3.34. The minimum atomic E-state index is 0.0229. The molecule has 3 rings (SSSR count). The number of likely N-dealkylation sites (tertiary alicyclic amines) is 1. The Morgan fingerprint density at radius 3 is 2.67 bits per heavy atom. The lowest BCUT2D eigenvalue weighted by Gasteiger charge is -2.23. The van der Waals surface area contributed by atoms with E-state index in [2.05, 4.69) is 58.7 Å². The monoisotopic (exact) mass is 354 g/mol. The zero-order valence-corrected chi connectivity index (χ0v) is 13.0. The van der Waals surface area contributed by atoms with E-state index in [4.69, 9.17) is 4.99 Å². The van der Waals surface area contributed by atoms with Crippen molar-refractivity contribution in [3.63, 3.8) is 0 Å². The molecule has 0 bridgehead atoms. The molecule has 96 valence electrons. The minimum Gasteiger partial charge on any atom is -0.356 e. The number of hydrogen-bond donors (Lipinski definition) is 0. The molecule has 1 saturated heterocycles.